The second kappa shape index (κ2) is 9.23. The molecule has 1 amide bonds. The summed E-state index contributed by atoms with van der Waals surface area (Å²) in [5.74, 6) is 0.509. The summed E-state index contributed by atoms with van der Waals surface area (Å²) < 4.78 is 19.4. The van der Waals surface area contributed by atoms with Crippen LogP contribution in [0.5, 0.6) is 0 Å². The van der Waals surface area contributed by atoms with Gasteiger partial charge in [-0.1, -0.05) is 30.3 Å². The van der Waals surface area contributed by atoms with Crippen LogP contribution in [0.1, 0.15) is 31.2 Å². The van der Waals surface area contributed by atoms with Gasteiger partial charge in [0.1, 0.15) is 5.82 Å². The zero-order chi connectivity index (χ0) is 20.1. The Morgan fingerprint density at radius 3 is 2.79 bits per heavy atom. The fourth-order valence-electron chi connectivity index (χ4n) is 3.59. The Morgan fingerprint density at radius 1 is 1.17 bits per heavy atom. The molecule has 29 heavy (non-hydrogen) atoms. The first-order valence-electron chi connectivity index (χ1n) is 10.4. The van der Waals surface area contributed by atoms with Crippen molar-refractivity contribution in [1.82, 2.24) is 10.3 Å². The standard InChI is InChI=1S/C24H27FN2O2/c25-19-9-11-22-21(15-19)20(24(27-22)18-5-2-1-3-6-18)10-12-23(28)26-13-4-14-29-16-17-7-8-17/h1-3,5-6,9,11,15,17,27H,4,7-8,10,12-14,16H2,(H,26,28). The largest absolute Gasteiger partial charge is 0.381 e. The number of carbonyl (C=O) groups excluding carboxylic acids is 1. The van der Waals surface area contributed by atoms with Crippen molar-refractivity contribution in [2.24, 2.45) is 5.92 Å². The van der Waals surface area contributed by atoms with Gasteiger partial charge >= 0.3 is 0 Å². The van der Waals surface area contributed by atoms with Crippen LogP contribution in [-0.2, 0) is 16.0 Å². The number of ether oxygens (including phenoxy) is 1. The summed E-state index contributed by atoms with van der Waals surface area (Å²) in [5.41, 5.74) is 3.85. The number of hydrogen-bond donors (Lipinski definition) is 2. The summed E-state index contributed by atoms with van der Waals surface area (Å²) in [6, 6.07) is 14.7. The quantitative estimate of drug-likeness (QED) is 0.484. The van der Waals surface area contributed by atoms with E-state index in [0.29, 0.717) is 26.0 Å². The maximum Gasteiger partial charge on any atom is 0.220 e. The molecule has 1 heterocycles. The highest BCUT2D eigenvalue weighted by molar-refractivity contribution is 5.91. The molecule has 3 aromatic rings. The number of aromatic nitrogens is 1. The van der Waals surface area contributed by atoms with Crippen molar-refractivity contribution in [3.05, 3.63) is 59.9 Å². The van der Waals surface area contributed by atoms with Crippen LogP contribution in [0.2, 0.25) is 0 Å². The van der Waals surface area contributed by atoms with Crippen LogP contribution in [0.3, 0.4) is 0 Å². The minimum absolute atomic E-state index is 0.0111. The molecule has 1 saturated carbocycles. The highest BCUT2D eigenvalue weighted by atomic mass is 19.1. The van der Waals surface area contributed by atoms with Gasteiger partial charge in [-0.25, -0.2) is 4.39 Å². The Bertz CT molecular complexity index is 964. The zero-order valence-electron chi connectivity index (χ0n) is 16.5. The van der Waals surface area contributed by atoms with Gasteiger partial charge in [-0.05, 0) is 60.9 Å². The summed E-state index contributed by atoms with van der Waals surface area (Å²) >= 11 is 0. The predicted octanol–water partition coefficient (Wildman–Crippen LogP) is 4.84. The topological polar surface area (TPSA) is 54.1 Å². The number of aryl methyl sites for hydroxylation is 1. The molecule has 4 nitrogen and oxygen atoms in total. The minimum atomic E-state index is -0.270. The van der Waals surface area contributed by atoms with Gasteiger partial charge in [0.2, 0.25) is 5.91 Å². The molecule has 0 aliphatic heterocycles. The Hall–Kier alpha value is -2.66. The molecule has 152 valence electrons. The Labute approximate surface area is 170 Å². The fourth-order valence-corrected chi connectivity index (χ4v) is 3.59. The number of rotatable bonds is 10. The third kappa shape index (κ3) is 5.24. The van der Waals surface area contributed by atoms with Gasteiger partial charge in [-0.3, -0.25) is 4.79 Å². The third-order valence-corrected chi connectivity index (χ3v) is 5.37. The zero-order valence-corrected chi connectivity index (χ0v) is 16.5. The molecule has 5 heteroatoms. The van der Waals surface area contributed by atoms with Crippen LogP contribution in [-0.4, -0.2) is 30.6 Å². The molecule has 2 aromatic carbocycles. The van der Waals surface area contributed by atoms with Gasteiger partial charge in [0, 0.05) is 42.8 Å². The molecule has 0 atom stereocenters. The maximum absolute atomic E-state index is 13.8. The van der Waals surface area contributed by atoms with Crippen molar-refractivity contribution >= 4 is 16.8 Å². The van der Waals surface area contributed by atoms with Crippen LogP contribution in [0.15, 0.2) is 48.5 Å². The summed E-state index contributed by atoms with van der Waals surface area (Å²) in [6.07, 6.45) is 4.33. The van der Waals surface area contributed by atoms with Crippen molar-refractivity contribution in [3.63, 3.8) is 0 Å². The molecule has 1 aliphatic rings. The van der Waals surface area contributed by atoms with E-state index in [4.69, 9.17) is 4.74 Å². The van der Waals surface area contributed by atoms with Gasteiger partial charge < -0.3 is 15.0 Å². The molecule has 1 fully saturated rings. The molecule has 4 rings (SSSR count). The summed E-state index contributed by atoms with van der Waals surface area (Å²) in [6.45, 7) is 2.17. The first-order chi connectivity index (χ1) is 14.2. The van der Waals surface area contributed by atoms with E-state index in [1.54, 1.807) is 12.1 Å². The normalized spacial score (nSPS) is 13.7. The van der Waals surface area contributed by atoms with E-state index >= 15 is 0 Å². The van der Waals surface area contributed by atoms with E-state index in [0.717, 1.165) is 46.7 Å². The van der Waals surface area contributed by atoms with Crippen molar-refractivity contribution in [3.8, 4) is 11.3 Å². The highest BCUT2D eigenvalue weighted by Crippen LogP contribution is 2.32. The fraction of sp³-hybridized carbons (Fsp3) is 0.375. The van der Waals surface area contributed by atoms with Gasteiger partial charge in [0.05, 0.1) is 0 Å². The summed E-state index contributed by atoms with van der Waals surface area (Å²) in [7, 11) is 0. The molecule has 0 radical (unpaired) electrons. The van der Waals surface area contributed by atoms with Gasteiger partial charge in [-0.15, -0.1) is 0 Å². The number of amides is 1. The Kier molecular flexibility index (Phi) is 6.25. The number of H-pyrrole nitrogens is 1. The number of benzene rings is 2. The second-order valence-electron chi connectivity index (χ2n) is 7.76. The van der Waals surface area contributed by atoms with E-state index in [1.165, 1.54) is 18.9 Å². The van der Waals surface area contributed by atoms with Crippen molar-refractivity contribution < 1.29 is 13.9 Å². The Balaban J connectivity index is 1.37. The van der Waals surface area contributed by atoms with Crippen LogP contribution >= 0.6 is 0 Å². The highest BCUT2D eigenvalue weighted by Gasteiger charge is 2.20. The molecule has 2 N–H and O–H groups in total. The van der Waals surface area contributed by atoms with Crippen LogP contribution in [0.25, 0.3) is 22.2 Å². The number of fused-ring (bicyclic) bond motifs is 1. The maximum atomic E-state index is 13.8. The monoisotopic (exact) mass is 394 g/mol. The number of halogens is 1. The number of hydrogen-bond acceptors (Lipinski definition) is 2. The lowest BCUT2D eigenvalue weighted by atomic mass is 10.0. The third-order valence-electron chi connectivity index (χ3n) is 5.37. The molecule has 1 aromatic heterocycles. The molecule has 0 unspecified atom stereocenters. The second-order valence-corrected chi connectivity index (χ2v) is 7.76. The van der Waals surface area contributed by atoms with Crippen LogP contribution in [0.4, 0.5) is 4.39 Å². The lowest BCUT2D eigenvalue weighted by Crippen LogP contribution is -2.25. The lowest BCUT2D eigenvalue weighted by Gasteiger charge is -2.08. The molecular weight excluding hydrogens is 367 g/mol. The number of carbonyl (C=O) groups is 1. The predicted molar refractivity (Wildman–Crippen MR) is 113 cm³/mol. The SMILES string of the molecule is O=C(CCc1c(-c2ccccc2)[nH]c2ccc(F)cc12)NCCCOCC1CC1. The molecule has 0 spiro atoms. The Morgan fingerprint density at radius 2 is 2.00 bits per heavy atom. The summed E-state index contributed by atoms with van der Waals surface area (Å²) in [5, 5.41) is 3.80. The molecular formula is C24H27FN2O2. The number of aromatic amines is 1. The molecule has 0 bridgehead atoms. The van der Waals surface area contributed by atoms with E-state index in [-0.39, 0.29) is 11.7 Å². The van der Waals surface area contributed by atoms with Crippen molar-refractivity contribution in [2.75, 3.05) is 19.8 Å². The van der Waals surface area contributed by atoms with Crippen molar-refractivity contribution in [2.45, 2.75) is 32.1 Å². The van der Waals surface area contributed by atoms with E-state index in [2.05, 4.69) is 10.3 Å². The molecule has 1 aliphatic carbocycles. The average Bonchev–Trinajstić information content (AvgIpc) is 3.49. The van der Waals surface area contributed by atoms with Crippen LogP contribution in [0, 0.1) is 11.7 Å². The van der Waals surface area contributed by atoms with Crippen molar-refractivity contribution in [1.29, 1.82) is 0 Å². The minimum Gasteiger partial charge on any atom is -0.381 e. The smallest absolute Gasteiger partial charge is 0.220 e. The summed E-state index contributed by atoms with van der Waals surface area (Å²) in [4.78, 5) is 15.7. The van der Waals surface area contributed by atoms with E-state index < -0.39 is 0 Å². The first-order valence-corrected chi connectivity index (χ1v) is 10.4. The van der Waals surface area contributed by atoms with Gasteiger partial charge in [0.25, 0.3) is 0 Å². The van der Waals surface area contributed by atoms with Gasteiger partial charge in [-0.2, -0.15) is 0 Å². The van der Waals surface area contributed by atoms with E-state index in [9.17, 15) is 9.18 Å². The first kappa shape index (κ1) is 19.6. The van der Waals surface area contributed by atoms with E-state index in [1.807, 2.05) is 30.3 Å². The lowest BCUT2D eigenvalue weighted by molar-refractivity contribution is -0.121. The molecule has 0 saturated heterocycles. The number of nitrogens with one attached hydrogen (secondary N) is 2. The average molecular weight is 394 g/mol. The van der Waals surface area contributed by atoms with Gasteiger partial charge in [0.15, 0.2) is 0 Å². The van der Waals surface area contributed by atoms with Crippen LogP contribution < -0.4 is 5.32 Å².